The third kappa shape index (κ3) is 3.76. The first-order valence-corrected chi connectivity index (χ1v) is 8.75. The number of likely N-dealkylation sites (tertiary alicyclic amines) is 1. The molecule has 0 radical (unpaired) electrons. The quantitative estimate of drug-likeness (QED) is 0.825. The summed E-state index contributed by atoms with van der Waals surface area (Å²) in [5.74, 6) is 1.62. The van der Waals surface area contributed by atoms with Gasteiger partial charge in [-0.1, -0.05) is 40.5 Å². The van der Waals surface area contributed by atoms with E-state index in [-0.39, 0.29) is 0 Å². The molecule has 0 aromatic carbocycles. The van der Waals surface area contributed by atoms with Crippen molar-refractivity contribution in [2.24, 2.45) is 17.3 Å². The summed E-state index contributed by atoms with van der Waals surface area (Å²) in [7, 11) is 2.27. The highest BCUT2D eigenvalue weighted by Crippen LogP contribution is 2.38. The van der Waals surface area contributed by atoms with Crippen molar-refractivity contribution >= 4 is 0 Å². The fourth-order valence-corrected chi connectivity index (χ4v) is 4.42. The van der Waals surface area contributed by atoms with Gasteiger partial charge in [-0.25, -0.2) is 0 Å². The second-order valence-corrected chi connectivity index (χ2v) is 8.64. The molecule has 2 heteroatoms. The molecule has 0 aromatic rings. The zero-order valence-electron chi connectivity index (χ0n) is 14.6. The Labute approximate surface area is 126 Å². The van der Waals surface area contributed by atoms with Crippen LogP contribution in [0.4, 0.5) is 0 Å². The molecule has 5 atom stereocenters. The summed E-state index contributed by atoms with van der Waals surface area (Å²) in [4.78, 5) is 2.52. The monoisotopic (exact) mass is 280 g/mol. The van der Waals surface area contributed by atoms with E-state index in [1.165, 1.54) is 38.6 Å². The third-order valence-electron chi connectivity index (χ3n) is 5.92. The Morgan fingerprint density at radius 3 is 2.30 bits per heavy atom. The van der Waals surface area contributed by atoms with Crippen molar-refractivity contribution < 1.29 is 0 Å². The Hall–Kier alpha value is -0.0800. The van der Waals surface area contributed by atoms with Crippen LogP contribution in [0.2, 0.25) is 0 Å². The van der Waals surface area contributed by atoms with Crippen LogP contribution < -0.4 is 5.32 Å². The van der Waals surface area contributed by atoms with Crippen LogP contribution >= 0.6 is 0 Å². The fourth-order valence-electron chi connectivity index (χ4n) is 4.42. The van der Waals surface area contributed by atoms with Gasteiger partial charge in [0.2, 0.25) is 0 Å². The summed E-state index contributed by atoms with van der Waals surface area (Å²) in [6, 6.07) is 2.18. The van der Waals surface area contributed by atoms with Gasteiger partial charge in [-0.3, -0.25) is 0 Å². The zero-order valence-corrected chi connectivity index (χ0v) is 14.6. The van der Waals surface area contributed by atoms with Crippen LogP contribution in [0.5, 0.6) is 0 Å². The van der Waals surface area contributed by atoms with Crippen LogP contribution in [0.3, 0.4) is 0 Å². The smallest absolute Gasteiger partial charge is 0.0122 e. The molecule has 1 saturated carbocycles. The molecule has 1 N–H and O–H groups in total. The van der Waals surface area contributed by atoms with Crippen LogP contribution in [0.15, 0.2) is 0 Å². The van der Waals surface area contributed by atoms with Crippen LogP contribution in [0, 0.1) is 17.3 Å². The fraction of sp³-hybridized carbons (Fsp3) is 1.00. The minimum atomic E-state index is 0.443. The molecule has 2 aliphatic rings. The Bertz CT molecular complexity index is 307. The van der Waals surface area contributed by atoms with Crippen molar-refractivity contribution in [3.05, 3.63) is 0 Å². The topological polar surface area (TPSA) is 15.3 Å². The van der Waals surface area contributed by atoms with Gasteiger partial charge in [0.15, 0.2) is 0 Å². The first-order chi connectivity index (χ1) is 9.29. The maximum absolute atomic E-state index is 4.09. The van der Waals surface area contributed by atoms with Crippen molar-refractivity contribution in [2.75, 3.05) is 13.6 Å². The number of nitrogens with one attached hydrogen (secondary N) is 1. The van der Waals surface area contributed by atoms with E-state index in [1.807, 2.05) is 0 Å². The van der Waals surface area contributed by atoms with E-state index in [9.17, 15) is 0 Å². The van der Waals surface area contributed by atoms with E-state index < -0.39 is 0 Å². The molecule has 1 aliphatic carbocycles. The average molecular weight is 280 g/mol. The number of rotatable bonds is 2. The van der Waals surface area contributed by atoms with E-state index >= 15 is 0 Å². The molecule has 0 spiro atoms. The summed E-state index contributed by atoms with van der Waals surface area (Å²) in [6.07, 6.45) is 6.96. The summed E-state index contributed by atoms with van der Waals surface area (Å²) >= 11 is 0. The summed E-state index contributed by atoms with van der Waals surface area (Å²) < 4.78 is 0. The lowest BCUT2D eigenvalue weighted by molar-refractivity contribution is 0.0767. The molecular weight excluding hydrogens is 244 g/mol. The third-order valence-corrected chi connectivity index (χ3v) is 5.92. The number of piperidine rings is 1. The number of hydrogen-bond donors (Lipinski definition) is 1. The SMILES string of the molecule is CC1CN(C)C(C)CC1NC1CCCCC1C(C)(C)C. The van der Waals surface area contributed by atoms with Gasteiger partial charge >= 0.3 is 0 Å². The summed E-state index contributed by atoms with van der Waals surface area (Å²) in [6.45, 7) is 13.3. The van der Waals surface area contributed by atoms with Crippen LogP contribution in [0.25, 0.3) is 0 Å². The van der Waals surface area contributed by atoms with Crippen LogP contribution in [-0.2, 0) is 0 Å². The van der Waals surface area contributed by atoms with Gasteiger partial charge in [0.05, 0.1) is 0 Å². The van der Waals surface area contributed by atoms with Gasteiger partial charge in [0, 0.05) is 24.7 Å². The molecule has 0 aromatic heterocycles. The van der Waals surface area contributed by atoms with Gasteiger partial charge < -0.3 is 10.2 Å². The maximum Gasteiger partial charge on any atom is 0.0122 e. The standard InChI is InChI=1S/C18H36N2/c1-13-12-20(6)14(2)11-17(13)19-16-10-8-7-9-15(16)18(3,4)5/h13-17,19H,7-12H2,1-6H3. The Morgan fingerprint density at radius 1 is 1.00 bits per heavy atom. The molecule has 1 heterocycles. The first kappa shape index (κ1) is 16.3. The van der Waals surface area contributed by atoms with Crippen LogP contribution in [0.1, 0.15) is 66.7 Å². The van der Waals surface area contributed by atoms with E-state index in [2.05, 4.69) is 51.9 Å². The largest absolute Gasteiger partial charge is 0.311 e. The lowest BCUT2D eigenvalue weighted by Crippen LogP contribution is -2.56. The molecule has 5 unspecified atom stereocenters. The van der Waals surface area contributed by atoms with Gasteiger partial charge in [-0.2, -0.15) is 0 Å². The second-order valence-electron chi connectivity index (χ2n) is 8.64. The molecule has 20 heavy (non-hydrogen) atoms. The zero-order chi connectivity index (χ0) is 14.9. The lowest BCUT2D eigenvalue weighted by Gasteiger charge is -2.46. The molecule has 2 fully saturated rings. The molecule has 0 amide bonds. The predicted molar refractivity (Wildman–Crippen MR) is 88.0 cm³/mol. The van der Waals surface area contributed by atoms with E-state index in [0.29, 0.717) is 11.5 Å². The van der Waals surface area contributed by atoms with E-state index in [4.69, 9.17) is 0 Å². The minimum Gasteiger partial charge on any atom is -0.311 e. The van der Waals surface area contributed by atoms with Crippen molar-refractivity contribution in [2.45, 2.75) is 84.8 Å². The highest BCUT2D eigenvalue weighted by Gasteiger charge is 2.37. The number of nitrogens with zero attached hydrogens (tertiary/aromatic N) is 1. The van der Waals surface area contributed by atoms with E-state index in [0.717, 1.165) is 23.9 Å². The molecule has 1 saturated heterocycles. The highest BCUT2D eigenvalue weighted by molar-refractivity contribution is 4.93. The predicted octanol–water partition coefficient (Wildman–Crippen LogP) is 3.91. The lowest BCUT2D eigenvalue weighted by atomic mass is 9.69. The first-order valence-electron chi connectivity index (χ1n) is 8.75. The number of hydrogen-bond acceptors (Lipinski definition) is 2. The summed E-state index contributed by atoms with van der Waals surface area (Å²) in [5.41, 5.74) is 0.443. The Balaban J connectivity index is 2.00. The minimum absolute atomic E-state index is 0.443. The maximum atomic E-state index is 4.09. The second kappa shape index (κ2) is 6.36. The molecule has 1 aliphatic heterocycles. The van der Waals surface area contributed by atoms with Gasteiger partial charge in [0.1, 0.15) is 0 Å². The summed E-state index contributed by atoms with van der Waals surface area (Å²) in [5, 5.41) is 4.09. The van der Waals surface area contributed by atoms with Crippen molar-refractivity contribution in [1.29, 1.82) is 0 Å². The Kier molecular flexibility index (Phi) is 5.18. The normalized spacial score (nSPS) is 40.8. The molecular formula is C18H36N2. The molecule has 2 rings (SSSR count). The van der Waals surface area contributed by atoms with Crippen LogP contribution in [-0.4, -0.2) is 36.6 Å². The Morgan fingerprint density at radius 2 is 1.65 bits per heavy atom. The molecule has 0 bridgehead atoms. The van der Waals surface area contributed by atoms with Crippen molar-refractivity contribution in [3.63, 3.8) is 0 Å². The van der Waals surface area contributed by atoms with E-state index in [1.54, 1.807) is 0 Å². The average Bonchev–Trinajstić information content (AvgIpc) is 2.35. The van der Waals surface area contributed by atoms with Crippen molar-refractivity contribution in [1.82, 2.24) is 10.2 Å². The van der Waals surface area contributed by atoms with Gasteiger partial charge in [0.25, 0.3) is 0 Å². The molecule has 118 valence electrons. The van der Waals surface area contributed by atoms with Gasteiger partial charge in [-0.15, -0.1) is 0 Å². The highest BCUT2D eigenvalue weighted by atomic mass is 15.2. The molecule has 2 nitrogen and oxygen atoms in total. The van der Waals surface area contributed by atoms with Gasteiger partial charge in [-0.05, 0) is 50.5 Å². The van der Waals surface area contributed by atoms with Crippen molar-refractivity contribution in [3.8, 4) is 0 Å².